The minimum absolute atomic E-state index is 0. The zero-order chi connectivity index (χ0) is 21.5. The van der Waals surface area contributed by atoms with E-state index in [4.69, 9.17) is 0 Å². The third kappa shape index (κ3) is 3.57. The van der Waals surface area contributed by atoms with Gasteiger partial charge in [0.15, 0.2) is 5.65 Å². The number of imidazole rings is 1. The normalized spacial score (nSPS) is 14.3. The Hall–Kier alpha value is -3.48. The minimum atomic E-state index is -0.665. The monoisotopic (exact) mass is 453 g/mol. The van der Waals surface area contributed by atoms with Gasteiger partial charge in [0.05, 0.1) is 28.7 Å². The quantitative estimate of drug-likeness (QED) is 0.434. The highest BCUT2D eigenvalue weighted by atomic mass is 35.5. The maximum atomic E-state index is 14.7. The third-order valence-corrected chi connectivity index (χ3v) is 5.79. The molecule has 0 aliphatic carbocycles. The molecule has 5 rings (SSSR count). The number of aromatic amines is 1. The Balaban J connectivity index is 0.00000245. The molecule has 4 aromatic rings. The number of H-pyrrole nitrogens is 1. The first-order valence-electron chi connectivity index (χ1n) is 10.1. The molecule has 32 heavy (non-hydrogen) atoms. The van der Waals surface area contributed by atoms with Crippen LogP contribution in [0.4, 0.5) is 4.39 Å². The van der Waals surface area contributed by atoms with E-state index in [2.05, 4.69) is 36.1 Å². The van der Waals surface area contributed by atoms with E-state index in [1.54, 1.807) is 6.33 Å². The van der Waals surface area contributed by atoms with Crippen molar-refractivity contribution in [2.24, 2.45) is 0 Å². The van der Waals surface area contributed by atoms with E-state index in [1.165, 1.54) is 12.1 Å². The molecule has 0 amide bonds. The number of benzene rings is 1. The second-order valence-corrected chi connectivity index (χ2v) is 7.72. The molecule has 0 spiro atoms. The summed E-state index contributed by atoms with van der Waals surface area (Å²) in [6.07, 6.45) is 5.73. The Bertz CT molecular complexity index is 1330. The number of fused-ring (bicyclic) bond motifs is 1. The van der Waals surface area contributed by atoms with E-state index < -0.39 is 5.82 Å². The largest absolute Gasteiger partial charge is 0.508 e. The lowest BCUT2D eigenvalue weighted by molar-refractivity contribution is 0.368. The molecule has 1 aliphatic rings. The van der Waals surface area contributed by atoms with E-state index in [9.17, 15) is 14.8 Å². The van der Waals surface area contributed by atoms with Gasteiger partial charge in [-0.25, -0.2) is 14.4 Å². The van der Waals surface area contributed by atoms with E-state index in [1.807, 2.05) is 13.1 Å². The summed E-state index contributed by atoms with van der Waals surface area (Å²) >= 11 is 0. The zero-order valence-electron chi connectivity index (χ0n) is 17.3. The summed E-state index contributed by atoms with van der Waals surface area (Å²) in [7, 11) is 0. The van der Waals surface area contributed by atoms with Crippen LogP contribution in [-0.2, 0) is 0 Å². The average molecular weight is 454 g/mol. The molecular weight excluding hydrogens is 433 g/mol. The summed E-state index contributed by atoms with van der Waals surface area (Å²) in [5, 5.41) is 30.9. The van der Waals surface area contributed by atoms with E-state index in [0.717, 1.165) is 37.7 Å². The highest BCUT2D eigenvalue weighted by Crippen LogP contribution is 2.38. The number of rotatable bonds is 3. The first-order valence-corrected chi connectivity index (χ1v) is 10.1. The summed E-state index contributed by atoms with van der Waals surface area (Å²) in [4.78, 5) is 9.08. The zero-order valence-corrected chi connectivity index (χ0v) is 18.1. The Morgan fingerprint density at radius 3 is 2.78 bits per heavy atom. The molecule has 8 nitrogen and oxygen atoms in total. The minimum Gasteiger partial charge on any atom is -0.508 e. The van der Waals surface area contributed by atoms with Gasteiger partial charge >= 0.3 is 0 Å². The lowest BCUT2D eigenvalue weighted by atomic mass is 9.96. The molecule has 1 fully saturated rings. The van der Waals surface area contributed by atoms with Gasteiger partial charge in [-0.3, -0.25) is 5.10 Å². The van der Waals surface area contributed by atoms with E-state index in [-0.39, 0.29) is 35.0 Å². The number of hydrogen-bond acceptors (Lipinski definition) is 6. The number of phenolic OH excluding ortho intramolecular Hbond substituents is 1. The van der Waals surface area contributed by atoms with Gasteiger partial charge in [0.25, 0.3) is 0 Å². The number of aromatic hydroxyl groups is 1. The van der Waals surface area contributed by atoms with Gasteiger partial charge < -0.3 is 15.0 Å². The molecule has 3 N–H and O–H groups in total. The van der Waals surface area contributed by atoms with Crippen LogP contribution in [0.2, 0.25) is 0 Å². The molecule has 10 heteroatoms. The lowest BCUT2D eigenvalue weighted by Gasteiger charge is -2.23. The van der Waals surface area contributed by atoms with Gasteiger partial charge in [-0.1, -0.05) is 0 Å². The van der Waals surface area contributed by atoms with Gasteiger partial charge in [0, 0.05) is 35.1 Å². The molecule has 4 heterocycles. The number of aryl methyl sites for hydroxylation is 1. The SMILES string of the molecule is Cc1[nH]nc2nc(-c3ccc(O)cc3F)c(C#N)c(-c3cn(C4CCNCC4)cn3)c12.Cl. The highest BCUT2D eigenvalue weighted by Gasteiger charge is 2.25. The molecule has 0 atom stereocenters. The predicted octanol–water partition coefficient (Wildman–Crippen LogP) is 3.86. The fourth-order valence-corrected chi connectivity index (χ4v) is 4.23. The average Bonchev–Trinajstić information content (AvgIpc) is 3.40. The van der Waals surface area contributed by atoms with Crippen molar-refractivity contribution in [1.29, 1.82) is 5.26 Å². The van der Waals surface area contributed by atoms with Crippen LogP contribution < -0.4 is 5.32 Å². The first kappa shape index (κ1) is 21.7. The summed E-state index contributed by atoms with van der Waals surface area (Å²) in [6.45, 7) is 3.75. The van der Waals surface area contributed by atoms with Gasteiger partial charge in [-0.05, 0) is 45.0 Å². The fraction of sp³-hybridized carbons (Fsp3) is 0.273. The first-order chi connectivity index (χ1) is 15.1. The summed E-state index contributed by atoms with van der Waals surface area (Å²) in [6, 6.07) is 6.33. The van der Waals surface area contributed by atoms with Crippen molar-refractivity contribution < 1.29 is 9.50 Å². The van der Waals surface area contributed by atoms with Gasteiger partial charge in [0.2, 0.25) is 0 Å². The van der Waals surface area contributed by atoms with Crippen molar-refractivity contribution in [3.63, 3.8) is 0 Å². The van der Waals surface area contributed by atoms with Crippen LogP contribution in [0.5, 0.6) is 5.75 Å². The van der Waals surface area contributed by atoms with Crippen LogP contribution in [0.25, 0.3) is 33.5 Å². The number of aromatic nitrogens is 5. The van der Waals surface area contributed by atoms with Gasteiger partial charge in [-0.15, -0.1) is 12.4 Å². The highest BCUT2D eigenvalue weighted by molar-refractivity contribution is 5.99. The molecule has 0 unspecified atom stereocenters. The van der Waals surface area contributed by atoms with E-state index in [0.29, 0.717) is 28.3 Å². The molecular formula is C22H21ClFN7O. The van der Waals surface area contributed by atoms with Crippen LogP contribution in [0, 0.1) is 24.1 Å². The second kappa shape index (κ2) is 8.57. The summed E-state index contributed by atoms with van der Waals surface area (Å²) in [5.41, 5.74) is 2.84. The van der Waals surface area contributed by atoms with E-state index >= 15 is 0 Å². The Labute approximate surface area is 189 Å². The number of pyridine rings is 1. The number of phenols is 1. The number of halogens is 2. The molecule has 1 aliphatic heterocycles. The predicted molar refractivity (Wildman–Crippen MR) is 120 cm³/mol. The second-order valence-electron chi connectivity index (χ2n) is 7.72. The molecule has 0 radical (unpaired) electrons. The number of nitriles is 1. The van der Waals surface area contributed by atoms with Crippen molar-refractivity contribution in [2.45, 2.75) is 25.8 Å². The van der Waals surface area contributed by atoms with Gasteiger partial charge in [0.1, 0.15) is 17.6 Å². The standard InChI is InChI=1S/C22H20FN7O.ClH/c1-12-19-20(18-10-30(11-26-18)13-4-6-25-7-5-13)16(9-24)21(27-22(19)29-28-12)15-3-2-14(31)8-17(15)23;/h2-3,8,10-11,13,25,31H,4-7H2,1H3,(H,27,28,29);1H. The van der Waals surface area contributed by atoms with Crippen LogP contribution in [-0.4, -0.2) is 42.9 Å². The molecule has 1 saturated heterocycles. The third-order valence-electron chi connectivity index (χ3n) is 5.79. The Morgan fingerprint density at radius 1 is 1.28 bits per heavy atom. The van der Waals surface area contributed by atoms with Crippen LogP contribution in [0.3, 0.4) is 0 Å². The van der Waals surface area contributed by atoms with Crippen molar-refractivity contribution in [2.75, 3.05) is 13.1 Å². The van der Waals surface area contributed by atoms with Crippen molar-refractivity contribution >= 4 is 23.4 Å². The smallest absolute Gasteiger partial charge is 0.182 e. The van der Waals surface area contributed by atoms with Crippen molar-refractivity contribution in [1.82, 2.24) is 30.0 Å². The summed E-state index contributed by atoms with van der Waals surface area (Å²) < 4.78 is 16.8. The number of piperidine rings is 1. The molecule has 1 aromatic carbocycles. The van der Waals surface area contributed by atoms with Crippen LogP contribution >= 0.6 is 12.4 Å². The van der Waals surface area contributed by atoms with Crippen molar-refractivity contribution in [3.05, 3.63) is 47.8 Å². The van der Waals surface area contributed by atoms with Crippen molar-refractivity contribution in [3.8, 4) is 34.3 Å². The van der Waals surface area contributed by atoms with Crippen LogP contribution in [0.1, 0.15) is 30.1 Å². The topological polar surface area (TPSA) is 115 Å². The number of nitrogens with zero attached hydrogens (tertiary/aromatic N) is 5. The maximum absolute atomic E-state index is 14.7. The Kier molecular flexibility index (Phi) is 5.82. The Morgan fingerprint density at radius 2 is 2.06 bits per heavy atom. The summed E-state index contributed by atoms with van der Waals surface area (Å²) in [5.74, 6) is -0.862. The fourth-order valence-electron chi connectivity index (χ4n) is 4.23. The number of nitrogens with one attached hydrogen (secondary N) is 2. The van der Waals surface area contributed by atoms with Crippen LogP contribution in [0.15, 0.2) is 30.7 Å². The molecule has 3 aromatic heterocycles. The molecule has 164 valence electrons. The van der Waals surface area contributed by atoms with Gasteiger partial charge in [-0.2, -0.15) is 10.4 Å². The number of hydrogen-bond donors (Lipinski definition) is 3. The maximum Gasteiger partial charge on any atom is 0.182 e. The lowest BCUT2D eigenvalue weighted by Crippen LogP contribution is -2.28. The molecule has 0 bridgehead atoms. The molecule has 0 saturated carbocycles.